The van der Waals surface area contributed by atoms with Crippen LogP contribution < -0.4 is 0 Å². The van der Waals surface area contributed by atoms with Crippen LogP contribution in [0.4, 0.5) is 0 Å². The summed E-state index contributed by atoms with van der Waals surface area (Å²) < 4.78 is 2.85. The average molecular weight is 338 g/mol. The van der Waals surface area contributed by atoms with E-state index in [-0.39, 0.29) is 0 Å². The Labute approximate surface area is 128 Å². The van der Waals surface area contributed by atoms with Gasteiger partial charge in [-0.05, 0) is 36.1 Å². The second-order valence-electron chi connectivity index (χ2n) is 5.47. The number of benzene rings is 1. The van der Waals surface area contributed by atoms with Gasteiger partial charge in [-0.15, -0.1) is 0 Å². The zero-order valence-corrected chi connectivity index (χ0v) is 13.6. The van der Waals surface area contributed by atoms with Crippen molar-refractivity contribution >= 4 is 15.9 Å². The monoisotopic (exact) mass is 337 g/mol. The molecule has 20 heavy (non-hydrogen) atoms. The van der Waals surface area contributed by atoms with Gasteiger partial charge in [-0.1, -0.05) is 35.8 Å². The van der Waals surface area contributed by atoms with E-state index >= 15 is 0 Å². The van der Waals surface area contributed by atoms with Crippen LogP contribution in [-0.2, 0) is 13.0 Å². The largest absolute Gasteiger partial charge is 0.388 e. The zero-order valence-electron chi connectivity index (χ0n) is 12.0. The molecule has 1 unspecified atom stereocenters. The maximum atomic E-state index is 10.5. The lowest BCUT2D eigenvalue weighted by Crippen LogP contribution is -2.14. The molecule has 0 bridgehead atoms. The summed E-state index contributed by atoms with van der Waals surface area (Å²) in [6.07, 6.45) is 1.46. The number of hydrogen-bond acceptors (Lipinski definition) is 3. The molecule has 0 saturated carbocycles. The van der Waals surface area contributed by atoms with Crippen molar-refractivity contribution in [1.82, 2.24) is 14.8 Å². The molecular formula is C15H20BrN3O. The minimum absolute atomic E-state index is 0.476. The Hall–Kier alpha value is -1.20. The average Bonchev–Trinajstić information content (AvgIpc) is 2.78. The fourth-order valence-electron chi connectivity index (χ4n) is 2.20. The standard InChI is InChI=1S/C15H20BrN3O/c1-10(2)8-19-15(17-9-18-19)7-14(20)13-6-12(16)5-4-11(13)3/h4-6,9-10,14,20H,7-8H2,1-3H3. The summed E-state index contributed by atoms with van der Waals surface area (Å²) in [4.78, 5) is 4.27. The first-order valence-corrected chi connectivity index (χ1v) is 7.57. The van der Waals surface area contributed by atoms with Gasteiger partial charge in [0.1, 0.15) is 12.2 Å². The number of halogens is 1. The Kier molecular flexibility index (Phi) is 4.94. The van der Waals surface area contributed by atoms with Crippen LogP contribution in [0, 0.1) is 12.8 Å². The molecule has 0 spiro atoms. The van der Waals surface area contributed by atoms with Gasteiger partial charge in [-0.2, -0.15) is 5.10 Å². The molecule has 0 fully saturated rings. The van der Waals surface area contributed by atoms with Gasteiger partial charge >= 0.3 is 0 Å². The summed E-state index contributed by atoms with van der Waals surface area (Å²) in [7, 11) is 0. The first-order chi connectivity index (χ1) is 9.47. The minimum Gasteiger partial charge on any atom is -0.388 e. The number of aromatic nitrogens is 3. The number of aliphatic hydroxyl groups excluding tert-OH is 1. The van der Waals surface area contributed by atoms with E-state index in [0.717, 1.165) is 28.0 Å². The molecule has 1 N–H and O–H groups in total. The smallest absolute Gasteiger partial charge is 0.138 e. The molecule has 5 heteroatoms. The summed E-state index contributed by atoms with van der Waals surface area (Å²) in [6.45, 7) is 7.10. The molecule has 0 aliphatic heterocycles. The van der Waals surface area contributed by atoms with Gasteiger partial charge in [0.05, 0.1) is 6.10 Å². The molecule has 108 valence electrons. The molecule has 0 aliphatic carbocycles. The van der Waals surface area contributed by atoms with Gasteiger partial charge < -0.3 is 5.11 Å². The van der Waals surface area contributed by atoms with Crippen molar-refractivity contribution in [3.8, 4) is 0 Å². The van der Waals surface area contributed by atoms with Crippen molar-refractivity contribution in [1.29, 1.82) is 0 Å². The van der Waals surface area contributed by atoms with E-state index in [1.807, 2.05) is 29.8 Å². The summed E-state index contributed by atoms with van der Waals surface area (Å²) in [5.41, 5.74) is 2.01. The number of aliphatic hydroxyl groups is 1. The Bertz CT molecular complexity index is 580. The molecule has 0 radical (unpaired) electrons. The van der Waals surface area contributed by atoms with E-state index in [1.54, 1.807) is 6.33 Å². The predicted molar refractivity (Wildman–Crippen MR) is 82.4 cm³/mol. The highest BCUT2D eigenvalue weighted by atomic mass is 79.9. The second kappa shape index (κ2) is 6.50. The van der Waals surface area contributed by atoms with Crippen LogP contribution in [0.15, 0.2) is 29.0 Å². The van der Waals surface area contributed by atoms with Crippen molar-refractivity contribution in [2.24, 2.45) is 5.92 Å². The number of hydrogen-bond donors (Lipinski definition) is 1. The van der Waals surface area contributed by atoms with Gasteiger partial charge in [-0.3, -0.25) is 0 Å². The van der Waals surface area contributed by atoms with Gasteiger partial charge in [0.25, 0.3) is 0 Å². The lowest BCUT2D eigenvalue weighted by molar-refractivity contribution is 0.172. The highest BCUT2D eigenvalue weighted by molar-refractivity contribution is 9.10. The van der Waals surface area contributed by atoms with Crippen LogP contribution in [0.25, 0.3) is 0 Å². The van der Waals surface area contributed by atoms with E-state index in [1.165, 1.54) is 0 Å². The van der Waals surface area contributed by atoms with Gasteiger partial charge in [-0.25, -0.2) is 9.67 Å². The van der Waals surface area contributed by atoms with E-state index in [9.17, 15) is 5.11 Å². The fraction of sp³-hybridized carbons (Fsp3) is 0.467. The van der Waals surface area contributed by atoms with Crippen LogP contribution in [0.3, 0.4) is 0 Å². The highest BCUT2D eigenvalue weighted by Gasteiger charge is 2.16. The summed E-state index contributed by atoms with van der Waals surface area (Å²) >= 11 is 3.45. The zero-order chi connectivity index (χ0) is 14.7. The first-order valence-electron chi connectivity index (χ1n) is 6.78. The SMILES string of the molecule is Cc1ccc(Br)cc1C(O)Cc1ncnn1CC(C)C. The Balaban J connectivity index is 2.17. The van der Waals surface area contributed by atoms with Gasteiger partial charge in [0, 0.05) is 17.4 Å². The lowest BCUT2D eigenvalue weighted by Gasteiger charge is -2.15. The van der Waals surface area contributed by atoms with Crippen molar-refractivity contribution in [3.63, 3.8) is 0 Å². The van der Waals surface area contributed by atoms with Crippen LogP contribution in [-0.4, -0.2) is 19.9 Å². The summed E-state index contributed by atoms with van der Waals surface area (Å²) in [6, 6.07) is 5.94. The van der Waals surface area contributed by atoms with Crippen LogP contribution >= 0.6 is 15.9 Å². The number of nitrogens with zero attached hydrogens (tertiary/aromatic N) is 3. The molecule has 1 aromatic heterocycles. The first kappa shape index (κ1) is 15.2. The fourth-order valence-corrected chi connectivity index (χ4v) is 2.58. The van der Waals surface area contributed by atoms with Crippen molar-refractivity contribution in [2.75, 3.05) is 0 Å². The van der Waals surface area contributed by atoms with Crippen molar-refractivity contribution in [2.45, 2.75) is 39.8 Å². The van der Waals surface area contributed by atoms with E-state index in [2.05, 4.69) is 39.9 Å². The van der Waals surface area contributed by atoms with Crippen LogP contribution in [0.2, 0.25) is 0 Å². The molecule has 1 atom stereocenters. The molecule has 1 aromatic carbocycles. The summed E-state index contributed by atoms with van der Waals surface area (Å²) in [5, 5.41) is 14.7. The Morgan fingerprint density at radius 2 is 2.10 bits per heavy atom. The summed E-state index contributed by atoms with van der Waals surface area (Å²) in [5.74, 6) is 1.32. The number of rotatable bonds is 5. The normalized spacial score (nSPS) is 12.9. The molecule has 2 aromatic rings. The third-order valence-electron chi connectivity index (χ3n) is 3.21. The lowest BCUT2D eigenvalue weighted by atomic mass is 10.0. The molecular weight excluding hydrogens is 318 g/mol. The van der Waals surface area contributed by atoms with Crippen LogP contribution in [0.1, 0.15) is 36.9 Å². The topological polar surface area (TPSA) is 50.9 Å². The second-order valence-corrected chi connectivity index (χ2v) is 6.39. The quantitative estimate of drug-likeness (QED) is 0.910. The molecule has 0 amide bonds. The maximum absolute atomic E-state index is 10.5. The molecule has 0 saturated heterocycles. The van der Waals surface area contributed by atoms with Gasteiger partial charge in [0.2, 0.25) is 0 Å². The van der Waals surface area contributed by atoms with E-state index < -0.39 is 6.10 Å². The maximum Gasteiger partial charge on any atom is 0.138 e. The van der Waals surface area contributed by atoms with Crippen molar-refractivity contribution in [3.05, 3.63) is 46.0 Å². The van der Waals surface area contributed by atoms with Gasteiger partial charge in [0.15, 0.2) is 0 Å². The van der Waals surface area contributed by atoms with Crippen LogP contribution in [0.5, 0.6) is 0 Å². The third kappa shape index (κ3) is 3.67. The molecule has 2 rings (SSSR count). The molecule has 4 nitrogen and oxygen atoms in total. The third-order valence-corrected chi connectivity index (χ3v) is 3.70. The number of aryl methyl sites for hydroxylation is 1. The Morgan fingerprint density at radius 1 is 1.35 bits per heavy atom. The Morgan fingerprint density at radius 3 is 2.80 bits per heavy atom. The molecule has 0 aliphatic rings. The van der Waals surface area contributed by atoms with Crippen molar-refractivity contribution < 1.29 is 5.11 Å². The predicted octanol–water partition coefficient (Wildman–Crippen LogP) is 3.28. The van der Waals surface area contributed by atoms with E-state index in [0.29, 0.717) is 12.3 Å². The molecule has 1 heterocycles. The minimum atomic E-state index is -0.567. The van der Waals surface area contributed by atoms with E-state index in [4.69, 9.17) is 0 Å². The highest BCUT2D eigenvalue weighted by Crippen LogP contribution is 2.24.